The van der Waals surface area contributed by atoms with Gasteiger partial charge in [-0.25, -0.2) is 28.9 Å². The molecule has 1 aliphatic heterocycles. The monoisotopic (exact) mass is 569 g/mol. The number of esters is 2. The first-order valence-corrected chi connectivity index (χ1v) is 13.3. The van der Waals surface area contributed by atoms with E-state index in [9.17, 15) is 14.9 Å². The van der Waals surface area contributed by atoms with Gasteiger partial charge in [0.2, 0.25) is 11.5 Å². The topological polar surface area (TPSA) is 161 Å². The molecule has 2 atom stereocenters. The maximum atomic E-state index is 15.3. The van der Waals surface area contributed by atoms with E-state index in [1.165, 1.54) is 35.3 Å². The average Bonchev–Trinajstić information content (AvgIpc) is 3.37. The minimum Gasteiger partial charge on any atom is -0.471 e. The zero-order valence-corrected chi connectivity index (χ0v) is 23.2. The first-order chi connectivity index (χ1) is 19.1. The summed E-state index contributed by atoms with van der Waals surface area (Å²) in [5.74, 6) is -1.03. The van der Waals surface area contributed by atoms with Gasteiger partial charge in [-0.3, -0.25) is 0 Å². The van der Waals surface area contributed by atoms with Crippen LogP contribution in [0.1, 0.15) is 50.2 Å². The number of alkyl halides is 1. The number of nitriles is 1. The van der Waals surface area contributed by atoms with E-state index in [0.717, 1.165) is 0 Å². The van der Waals surface area contributed by atoms with Gasteiger partial charge in [0.05, 0.1) is 17.7 Å². The van der Waals surface area contributed by atoms with E-state index >= 15 is 4.39 Å². The van der Waals surface area contributed by atoms with Crippen LogP contribution in [0.5, 0.6) is 5.75 Å². The Bertz CT molecular complexity index is 1440. The first kappa shape index (κ1) is 28.8. The lowest BCUT2D eigenvalue weighted by Gasteiger charge is -2.39. The smallest absolute Gasteiger partial charge is 0.360 e. The molecule has 0 amide bonds. The molecule has 2 N–H and O–H groups in total. The van der Waals surface area contributed by atoms with Crippen LogP contribution in [0.4, 0.5) is 15.3 Å². The van der Waals surface area contributed by atoms with Crippen LogP contribution in [-0.2, 0) is 14.3 Å². The molecule has 1 aromatic carbocycles. The maximum absolute atomic E-state index is 15.3. The number of anilines is 2. The number of thiazole rings is 1. The molecule has 3 heterocycles. The number of carbonyl (C=O) groups is 2. The van der Waals surface area contributed by atoms with Crippen LogP contribution >= 0.6 is 11.3 Å². The van der Waals surface area contributed by atoms with Gasteiger partial charge < -0.3 is 24.8 Å². The molecule has 4 rings (SSSR count). The second kappa shape index (κ2) is 11.9. The van der Waals surface area contributed by atoms with Crippen molar-refractivity contribution >= 4 is 34.2 Å². The molecule has 1 fully saturated rings. The second-order valence-corrected chi connectivity index (χ2v) is 10.6. The molecule has 2 aromatic heterocycles. The first-order valence-electron chi connectivity index (χ1n) is 12.4. The number of nitrogens with one attached hydrogen (secondary N) is 2. The molecule has 0 bridgehead atoms. The average molecular weight is 570 g/mol. The standard InChI is InChI=1S/C26H28FN7O5S/c1-5-37-22(35)19-21(40-14-32-19)34-24-31-13-30-20(33-24)15-6-7-17(16(10-15)11-28)38-26(8-9-29-12-18(26)27)23(36)39-25(2,3)4/h6-7,10,13-14,18,29H,5,8-9,12H2,1-4H3,(H,30,31,33,34)/t18-,26-/m1/s1. The third kappa shape index (κ3) is 6.32. The molecular formula is C26H28FN7O5S. The Balaban J connectivity index is 1.61. The SMILES string of the molecule is CCOC(=O)c1ncsc1Nc1ncnc(-c2ccc(O[C@]3(C(=O)OC(C)(C)C)CCNC[C@H]3F)c(C#N)c2)n1. The number of halogens is 1. The van der Waals surface area contributed by atoms with Gasteiger partial charge in [0, 0.05) is 18.5 Å². The highest BCUT2D eigenvalue weighted by Gasteiger charge is 2.53. The van der Waals surface area contributed by atoms with Crippen molar-refractivity contribution in [3.05, 3.63) is 41.3 Å². The van der Waals surface area contributed by atoms with Gasteiger partial charge in [0.1, 0.15) is 28.7 Å². The molecule has 0 radical (unpaired) electrons. The van der Waals surface area contributed by atoms with Crippen LogP contribution < -0.4 is 15.4 Å². The lowest BCUT2D eigenvalue weighted by Crippen LogP contribution is -2.62. The van der Waals surface area contributed by atoms with Gasteiger partial charge in [-0.05, 0) is 52.4 Å². The molecule has 0 spiro atoms. The summed E-state index contributed by atoms with van der Waals surface area (Å²) < 4.78 is 31.8. The minimum atomic E-state index is -1.92. The molecule has 1 saturated heterocycles. The number of rotatable bonds is 8. The zero-order valence-electron chi connectivity index (χ0n) is 22.4. The number of benzene rings is 1. The molecule has 0 aliphatic carbocycles. The van der Waals surface area contributed by atoms with Crippen molar-refractivity contribution < 1.29 is 28.2 Å². The Morgan fingerprint density at radius 1 is 1.30 bits per heavy atom. The van der Waals surface area contributed by atoms with Gasteiger partial charge in [0.25, 0.3) is 0 Å². The summed E-state index contributed by atoms with van der Waals surface area (Å²) in [4.78, 5) is 42.0. The van der Waals surface area contributed by atoms with Crippen molar-refractivity contribution in [2.24, 2.45) is 0 Å². The highest BCUT2D eigenvalue weighted by Crippen LogP contribution is 2.35. The van der Waals surface area contributed by atoms with Crippen LogP contribution in [0.15, 0.2) is 30.0 Å². The van der Waals surface area contributed by atoms with E-state index < -0.39 is 29.3 Å². The van der Waals surface area contributed by atoms with Gasteiger partial charge in [-0.15, -0.1) is 11.3 Å². The number of nitrogens with zero attached hydrogens (tertiary/aromatic N) is 5. The highest BCUT2D eigenvalue weighted by atomic mass is 32.1. The summed E-state index contributed by atoms with van der Waals surface area (Å²) in [5.41, 5.74) is -0.693. The normalized spacial score (nSPS) is 18.9. The van der Waals surface area contributed by atoms with E-state index in [4.69, 9.17) is 14.2 Å². The van der Waals surface area contributed by atoms with Crippen LogP contribution in [0, 0.1) is 11.3 Å². The number of ether oxygens (including phenoxy) is 3. The number of carbonyl (C=O) groups excluding carboxylic acids is 2. The number of piperidine rings is 1. The fraction of sp³-hybridized carbons (Fsp3) is 0.423. The zero-order chi connectivity index (χ0) is 28.9. The quantitative estimate of drug-likeness (QED) is 0.380. The fourth-order valence-electron chi connectivity index (χ4n) is 3.89. The summed E-state index contributed by atoms with van der Waals surface area (Å²) in [7, 11) is 0. The van der Waals surface area contributed by atoms with Crippen molar-refractivity contribution in [1.29, 1.82) is 5.26 Å². The number of hydrogen-bond acceptors (Lipinski definition) is 13. The van der Waals surface area contributed by atoms with Crippen molar-refractivity contribution in [2.45, 2.75) is 51.5 Å². The van der Waals surface area contributed by atoms with Gasteiger partial charge in [-0.2, -0.15) is 10.2 Å². The molecule has 210 valence electrons. The molecule has 14 heteroatoms. The van der Waals surface area contributed by atoms with E-state index in [1.807, 2.05) is 6.07 Å². The van der Waals surface area contributed by atoms with Crippen LogP contribution in [0.3, 0.4) is 0 Å². The summed E-state index contributed by atoms with van der Waals surface area (Å²) in [6.45, 7) is 7.19. The lowest BCUT2D eigenvalue weighted by atomic mass is 9.89. The minimum absolute atomic E-state index is 0.0174. The van der Waals surface area contributed by atoms with Crippen molar-refractivity contribution in [3.63, 3.8) is 0 Å². The van der Waals surface area contributed by atoms with Crippen molar-refractivity contribution in [1.82, 2.24) is 25.3 Å². The molecule has 1 aliphatic rings. The summed E-state index contributed by atoms with van der Waals surface area (Å²) in [6, 6.07) is 6.56. The molecule has 40 heavy (non-hydrogen) atoms. The molecule has 0 saturated carbocycles. The van der Waals surface area contributed by atoms with Crippen LogP contribution in [0.2, 0.25) is 0 Å². The van der Waals surface area contributed by atoms with E-state index in [0.29, 0.717) is 17.1 Å². The summed E-state index contributed by atoms with van der Waals surface area (Å²) in [6.07, 6.45) is -0.415. The predicted octanol–water partition coefficient (Wildman–Crippen LogP) is 3.58. The third-order valence-electron chi connectivity index (χ3n) is 5.73. The molecular weight excluding hydrogens is 541 g/mol. The summed E-state index contributed by atoms with van der Waals surface area (Å²) in [5, 5.41) is 16.1. The van der Waals surface area contributed by atoms with Crippen LogP contribution in [0.25, 0.3) is 11.4 Å². The molecule has 12 nitrogen and oxygen atoms in total. The Morgan fingerprint density at radius 2 is 2.10 bits per heavy atom. The largest absolute Gasteiger partial charge is 0.471 e. The Kier molecular flexibility index (Phi) is 8.55. The van der Waals surface area contributed by atoms with E-state index in [2.05, 4.69) is 30.6 Å². The fourth-order valence-corrected chi connectivity index (χ4v) is 4.56. The Labute approximate surface area is 233 Å². The Hall–Kier alpha value is -4.22. The number of aromatic nitrogens is 4. The van der Waals surface area contributed by atoms with Crippen molar-refractivity contribution in [3.8, 4) is 23.2 Å². The number of hydrogen-bond donors (Lipinski definition) is 2. The third-order valence-corrected chi connectivity index (χ3v) is 6.47. The van der Waals surface area contributed by atoms with E-state index in [1.54, 1.807) is 33.8 Å². The summed E-state index contributed by atoms with van der Waals surface area (Å²) >= 11 is 1.17. The molecule has 3 aromatic rings. The van der Waals surface area contributed by atoms with E-state index in [-0.39, 0.29) is 48.4 Å². The van der Waals surface area contributed by atoms with Crippen molar-refractivity contribution in [2.75, 3.05) is 25.0 Å². The Morgan fingerprint density at radius 3 is 2.80 bits per heavy atom. The lowest BCUT2D eigenvalue weighted by molar-refractivity contribution is -0.183. The highest BCUT2D eigenvalue weighted by molar-refractivity contribution is 7.14. The van der Waals surface area contributed by atoms with Gasteiger partial charge in [-0.1, -0.05) is 0 Å². The maximum Gasteiger partial charge on any atom is 0.360 e. The van der Waals surface area contributed by atoms with Crippen LogP contribution in [-0.4, -0.2) is 68.9 Å². The second-order valence-electron chi connectivity index (χ2n) is 9.75. The van der Waals surface area contributed by atoms with Gasteiger partial charge >= 0.3 is 11.9 Å². The molecule has 0 unspecified atom stereocenters. The predicted molar refractivity (Wildman–Crippen MR) is 143 cm³/mol. The van der Waals surface area contributed by atoms with Gasteiger partial charge in [0.15, 0.2) is 17.7 Å².